The third-order valence-electron chi connectivity index (χ3n) is 4.15. The fourth-order valence-electron chi connectivity index (χ4n) is 2.63. The summed E-state index contributed by atoms with van der Waals surface area (Å²) in [5.41, 5.74) is 7.29. The minimum absolute atomic E-state index is 0.112. The van der Waals surface area contributed by atoms with Gasteiger partial charge in [0.1, 0.15) is 0 Å². The number of sulfonamides is 1. The molecule has 0 aromatic heterocycles. The number of hydrogen-bond acceptors (Lipinski definition) is 4. The Balaban J connectivity index is 2.11. The Kier molecular flexibility index (Phi) is 6.90. The third kappa shape index (κ3) is 4.69. The lowest BCUT2D eigenvalue weighted by atomic mass is 10.1. The normalized spacial score (nSPS) is 12.8. The Morgan fingerprint density at radius 3 is 2.35 bits per heavy atom. The molecule has 6 nitrogen and oxygen atoms in total. The molecule has 1 amide bonds. The van der Waals surface area contributed by atoms with Gasteiger partial charge in [0.05, 0.1) is 4.90 Å². The summed E-state index contributed by atoms with van der Waals surface area (Å²) in [6, 6.07) is 15.2. The first kappa shape index (κ1) is 20.1. The third-order valence-corrected chi connectivity index (χ3v) is 6.20. The van der Waals surface area contributed by atoms with Crippen molar-refractivity contribution in [1.29, 1.82) is 0 Å². The second-order valence-electron chi connectivity index (χ2n) is 5.84. The van der Waals surface area contributed by atoms with Gasteiger partial charge in [-0.05, 0) is 23.8 Å². The Morgan fingerprint density at radius 1 is 1.08 bits per heavy atom. The average Bonchev–Trinajstić information content (AvgIpc) is 2.67. The number of amides is 1. The van der Waals surface area contributed by atoms with Crippen molar-refractivity contribution in [2.75, 3.05) is 19.6 Å². The standard InChI is InChI=1S/C19H25N3O3S/c1-3-22(4-2)26(24,25)17-12-8-11-16(13-17)19(23)21-14-18(20)15-9-6-5-7-10-15/h5-13,18H,3-4,14,20H2,1-2H3,(H,21,23). The Morgan fingerprint density at radius 2 is 1.73 bits per heavy atom. The highest BCUT2D eigenvalue weighted by atomic mass is 32.2. The second-order valence-corrected chi connectivity index (χ2v) is 7.78. The van der Waals surface area contributed by atoms with Gasteiger partial charge in [-0.15, -0.1) is 0 Å². The maximum absolute atomic E-state index is 12.6. The number of nitrogens with zero attached hydrogens (tertiary/aromatic N) is 1. The smallest absolute Gasteiger partial charge is 0.251 e. The highest BCUT2D eigenvalue weighted by Gasteiger charge is 2.22. The second kappa shape index (κ2) is 8.93. The van der Waals surface area contributed by atoms with E-state index >= 15 is 0 Å². The van der Waals surface area contributed by atoms with E-state index in [1.165, 1.54) is 16.4 Å². The number of hydrogen-bond donors (Lipinski definition) is 2. The minimum atomic E-state index is -3.60. The van der Waals surface area contributed by atoms with Crippen LogP contribution < -0.4 is 11.1 Å². The monoisotopic (exact) mass is 375 g/mol. The van der Waals surface area contributed by atoms with Crippen molar-refractivity contribution >= 4 is 15.9 Å². The van der Waals surface area contributed by atoms with E-state index < -0.39 is 10.0 Å². The fourth-order valence-corrected chi connectivity index (χ4v) is 4.14. The van der Waals surface area contributed by atoms with Crippen molar-refractivity contribution in [3.8, 4) is 0 Å². The van der Waals surface area contributed by atoms with Crippen molar-refractivity contribution < 1.29 is 13.2 Å². The number of nitrogens with one attached hydrogen (secondary N) is 1. The Labute approximate surface area is 155 Å². The zero-order chi connectivity index (χ0) is 19.2. The van der Waals surface area contributed by atoms with Gasteiger partial charge in [0.15, 0.2) is 0 Å². The molecule has 0 saturated heterocycles. The van der Waals surface area contributed by atoms with Crippen molar-refractivity contribution in [2.45, 2.75) is 24.8 Å². The predicted octanol–water partition coefficient (Wildman–Crippen LogP) is 2.15. The van der Waals surface area contributed by atoms with E-state index in [0.29, 0.717) is 18.7 Å². The average molecular weight is 375 g/mol. The van der Waals surface area contributed by atoms with Crippen LogP contribution in [0.3, 0.4) is 0 Å². The van der Waals surface area contributed by atoms with Gasteiger partial charge in [0.25, 0.3) is 5.91 Å². The van der Waals surface area contributed by atoms with Gasteiger partial charge in [-0.1, -0.05) is 50.2 Å². The van der Waals surface area contributed by atoms with Crippen LogP contribution in [0.1, 0.15) is 35.8 Å². The molecule has 0 fully saturated rings. The van der Waals surface area contributed by atoms with E-state index in [9.17, 15) is 13.2 Å². The van der Waals surface area contributed by atoms with Crippen molar-refractivity contribution in [3.05, 3.63) is 65.7 Å². The number of nitrogens with two attached hydrogens (primary N) is 1. The van der Waals surface area contributed by atoms with Crippen LogP contribution in [-0.4, -0.2) is 38.3 Å². The Bertz CT molecular complexity index is 834. The summed E-state index contributed by atoms with van der Waals surface area (Å²) in [6.07, 6.45) is 0. The minimum Gasteiger partial charge on any atom is -0.350 e. The molecule has 1 atom stereocenters. The van der Waals surface area contributed by atoms with E-state index in [-0.39, 0.29) is 23.4 Å². The molecule has 0 aliphatic heterocycles. The fraction of sp³-hybridized carbons (Fsp3) is 0.316. The highest BCUT2D eigenvalue weighted by molar-refractivity contribution is 7.89. The first-order valence-corrected chi connectivity index (χ1v) is 10.0. The maximum atomic E-state index is 12.6. The summed E-state index contributed by atoms with van der Waals surface area (Å²) < 4.78 is 26.5. The lowest BCUT2D eigenvalue weighted by Gasteiger charge is -2.19. The molecule has 0 saturated carbocycles. The first-order chi connectivity index (χ1) is 12.4. The quantitative estimate of drug-likeness (QED) is 0.739. The molecule has 0 aliphatic carbocycles. The topological polar surface area (TPSA) is 92.5 Å². The summed E-state index contributed by atoms with van der Waals surface area (Å²) in [5.74, 6) is -0.354. The number of carbonyl (C=O) groups is 1. The summed E-state index contributed by atoms with van der Waals surface area (Å²) in [6.45, 7) is 4.57. The zero-order valence-electron chi connectivity index (χ0n) is 15.1. The van der Waals surface area contributed by atoms with Crippen LogP contribution >= 0.6 is 0 Å². The highest BCUT2D eigenvalue weighted by Crippen LogP contribution is 2.17. The molecule has 26 heavy (non-hydrogen) atoms. The maximum Gasteiger partial charge on any atom is 0.251 e. The molecule has 2 aromatic rings. The van der Waals surface area contributed by atoms with Gasteiger partial charge in [-0.2, -0.15) is 4.31 Å². The van der Waals surface area contributed by atoms with E-state index in [4.69, 9.17) is 5.73 Å². The molecular formula is C19H25N3O3S. The summed E-state index contributed by atoms with van der Waals surface area (Å²) in [7, 11) is -3.60. The molecule has 2 aromatic carbocycles. The van der Waals surface area contributed by atoms with Gasteiger partial charge < -0.3 is 11.1 Å². The first-order valence-electron chi connectivity index (χ1n) is 8.59. The van der Waals surface area contributed by atoms with Crippen LogP contribution in [0.15, 0.2) is 59.5 Å². The van der Waals surface area contributed by atoms with Gasteiger partial charge >= 0.3 is 0 Å². The van der Waals surface area contributed by atoms with E-state index in [0.717, 1.165) is 5.56 Å². The molecule has 0 aliphatic rings. The van der Waals surface area contributed by atoms with Crippen LogP contribution in [0, 0.1) is 0 Å². The number of rotatable bonds is 8. The van der Waals surface area contributed by atoms with Crippen LogP contribution in [0.2, 0.25) is 0 Å². The van der Waals surface area contributed by atoms with Gasteiger partial charge in [0, 0.05) is 31.2 Å². The van der Waals surface area contributed by atoms with E-state index in [1.54, 1.807) is 26.0 Å². The van der Waals surface area contributed by atoms with Crippen LogP contribution in [0.4, 0.5) is 0 Å². The lowest BCUT2D eigenvalue weighted by molar-refractivity contribution is 0.0951. The van der Waals surface area contributed by atoms with Crippen molar-refractivity contribution in [1.82, 2.24) is 9.62 Å². The van der Waals surface area contributed by atoms with E-state index in [2.05, 4.69) is 5.32 Å². The Hall–Kier alpha value is -2.22. The predicted molar refractivity (Wildman–Crippen MR) is 102 cm³/mol. The van der Waals surface area contributed by atoms with Gasteiger partial charge in [-0.3, -0.25) is 4.79 Å². The lowest BCUT2D eigenvalue weighted by Crippen LogP contribution is -2.32. The molecule has 0 spiro atoms. The summed E-state index contributed by atoms with van der Waals surface area (Å²) in [4.78, 5) is 12.5. The van der Waals surface area contributed by atoms with Gasteiger partial charge in [-0.25, -0.2) is 8.42 Å². The molecule has 140 valence electrons. The molecule has 0 radical (unpaired) electrons. The van der Waals surface area contributed by atoms with Crippen LogP contribution in [0.5, 0.6) is 0 Å². The summed E-state index contributed by atoms with van der Waals surface area (Å²) in [5, 5.41) is 2.76. The molecular weight excluding hydrogens is 350 g/mol. The van der Waals surface area contributed by atoms with Crippen molar-refractivity contribution in [3.63, 3.8) is 0 Å². The summed E-state index contributed by atoms with van der Waals surface area (Å²) >= 11 is 0. The number of benzene rings is 2. The molecule has 7 heteroatoms. The largest absolute Gasteiger partial charge is 0.350 e. The molecule has 0 bridgehead atoms. The molecule has 2 rings (SSSR count). The van der Waals surface area contributed by atoms with Crippen LogP contribution in [-0.2, 0) is 10.0 Å². The molecule has 1 unspecified atom stereocenters. The SMILES string of the molecule is CCN(CC)S(=O)(=O)c1cccc(C(=O)NCC(N)c2ccccc2)c1. The van der Waals surface area contributed by atoms with Crippen molar-refractivity contribution in [2.24, 2.45) is 5.73 Å². The van der Waals surface area contributed by atoms with E-state index in [1.807, 2.05) is 30.3 Å². The molecule has 0 heterocycles. The van der Waals surface area contributed by atoms with Gasteiger partial charge in [0.2, 0.25) is 10.0 Å². The zero-order valence-corrected chi connectivity index (χ0v) is 15.9. The molecule has 3 N–H and O–H groups in total. The number of carbonyl (C=O) groups excluding carboxylic acids is 1. The van der Waals surface area contributed by atoms with Crippen LogP contribution in [0.25, 0.3) is 0 Å².